The molecule has 0 heterocycles. The minimum Gasteiger partial charge on any atom is -0.452 e. The summed E-state index contributed by atoms with van der Waals surface area (Å²) in [7, 11) is 0. The van der Waals surface area contributed by atoms with Gasteiger partial charge in [0.25, 0.3) is 11.6 Å². The predicted octanol–water partition coefficient (Wildman–Crippen LogP) is 3.59. The zero-order chi connectivity index (χ0) is 20.5. The number of rotatable bonds is 8. The molecule has 1 amide bonds. The van der Waals surface area contributed by atoms with E-state index in [4.69, 9.17) is 4.74 Å². The largest absolute Gasteiger partial charge is 0.452 e. The maximum atomic E-state index is 12.0. The quantitative estimate of drug-likeness (QED) is 0.326. The van der Waals surface area contributed by atoms with Crippen molar-refractivity contribution in [3.8, 4) is 0 Å². The van der Waals surface area contributed by atoms with Crippen molar-refractivity contribution >= 4 is 23.6 Å². The van der Waals surface area contributed by atoms with E-state index in [1.54, 1.807) is 6.07 Å². The Kier molecular flexibility index (Phi) is 7.45. The molecule has 0 aromatic heterocycles. The van der Waals surface area contributed by atoms with Gasteiger partial charge in [0, 0.05) is 18.2 Å². The SMILES string of the molecule is CCc1ccc([C@@H](C)NC(=O)COC(=O)/C=C/c2cccc([N+](=O)[O-])c2)cc1. The van der Waals surface area contributed by atoms with Gasteiger partial charge in [-0.2, -0.15) is 0 Å². The zero-order valence-corrected chi connectivity index (χ0v) is 15.8. The van der Waals surface area contributed by atoms with Crippen LogP contribution < -0.4 is 5.32 Å². The number of amides is 1. The molecule has 7 nitrogen and oxygen atoms in total. The number of hydrogen-bond donors (Lipinski definition) is 1. The maximum Gasteiger partial charge on any atom is 0.331 e. The van der Waals surface area contributed by atoms with Gasteiger partial charge in [0.1, 0.15) is 0 Å². The average molecular weight is 382 g/mol. The molecular formula is C21H22N2O5. The minimum atomic E-state index is -0.707. The van der Waals surface area contributed by atoms with E-state index in [2.05, 4.69) is 12.2 Å². The number of nitrogens with zero attached hydrogens (tertiary/aromatic N) is 1. The van der Waals surface area contributed by atoms with E-state index >= 15 is 0 Å². The standard InChI is InChI=1S/C21H22N2O5/c1-3-16-7-10-18(11-8-16)15(2)22-20(24)14-28-21(25)12-9-17-5-4-6-19(13-17)23(26)27/h4-13,15H,3,14H2,1-2H3,(H,22,24)/b12-9+/t15-/m1/s1. The van der Waals surface area contributed by atoms with Crippen LogP contribution in [0.5, 0.6) is 0 Å². The lowest BCUT2D eigenvalue weighted by Crippen LogP contribution is -2.30. The smallest absolute Gasteiger partial charge is 0.331 e. The number of ether oxygens (including phenoxy) is 1. The molecule has 0 unspecified atom stereocenters. The van der Waals surface area contributed by atoms with Crippen molar-refractivity contribution < 1.29 is 19.2 Å². The van der Waals surface area contributed by atoms with Gasteiger partial charge in [-0.05, 0) is 36.1 Å². The Labute approximate surface area is 163 Å². The second-order valence-corrected chi connectivity index (χ2v) is 6.18. The number of benzene rings is 2. The van der Waals surface area contributed by atoms with Crippen LogP contribution in [0, 0.1) is 10.1 Å². The molecule has 0 bridgehead atoms. The molecular weight excluding hydrogens is 360 g/mol. The number of nitrogens with one attached hydrogen (secondary N) is 1. The summed E-state index contributed by atoms with van der Waals surface area (Å²) >= 11 is 0. The number of nitro groups is 1. The Balaban J connectivity index is 1.82. The Bertz CT molecular complexity index is 875. The van der Waals surface area contributed by atoms with Gasteiger partial charge >= 0.3 is 5.97 Å². The number of nitro benzene ring substituents is 1. The third-order valence-electron chi connectivity index (χ3n) is 4.10. The molecule has 1 N–H and O–H groups in total. The van der Waals surface area contributed by atoms with Gasteiger partial charge in [0.05, 0.1) is 11.0 Å². The van der Waals surface area contributed by atoms with E-state index in [1.165, 1.54) is 29.8 Å². The number of aryl methyl sites for hydroxylation is 1. The van der Waals surface area contributed by atoms with E-state index in [0.717, 1.165) is 18.1 Å². The summed E-state index contributed by atoms with van der Waals surface area (Å²) in [5.74, 6) is -1.12. The van der Waals surface area contributed by atoms with E-state index in [1.807, 2.05) is 31.2 Å². The van der Waals surface area contributed by atoms with Crippen LogP contribution in [0.1, 0.15) is 36.6 Å². The molecule has 1 atom stereocenters. The number of carbonyl (C=O) groups excluding carboxylic acids is 2. The monoisotopic (exact) mass is 382 g/mol. The average Bonchev–Trinajstić information content (AvgIpc) is 2.71. The van der Waals surface area contributed by atoms with Crippen LogP contribution in [0.25, 0.3) is 6.08 Å². The van der Waals surface area contributed by atoms with Crippen molar-refractivity contribution in [2.24, 2.45) is 0 Å². The molecule has 0 aliphatic carbocycles. The third-order valence-corrected chi connectivity index (χ3v) is 4.10. The lowest BCUT2D eigenvalue weighted by Gasteiger charge is -2.14. The fourth-order valence-corrected chi connectivity index (χ4v) is 2.50. The fourth-order valence-electron chi connectivity index (χ4n) is 2.50. The second-order valence-electron chi connectivity index (χ2n) is 6.18. The molecule has 0 spiro atoms. The molecule has 0 saturated carbocycles. The van der Waals surface area contributed by atoms with E-state index in [9.17, 15) is 19.7 Å². The fraction of sp³-hybridized carbons (Fsp3) is 0.238. The molecule has 2 aromatic rings. The third kappa shape index (κ3) is 6.35. The predicted molar refractivity (Wildman–Crippen MR) is 105 cm³/mol. The lowest BCUT2D eigenvalue weighted by molar-refractivity contribution is -0.384. The van der Waals surface area contributed by atoms with Crippen molar-refractivity contribution in [1.82, 2.24) is 5.32 Å². The van der Waals surface area contributed by atoms with Crippen LogP contribution in [0.4, 0.5) is 5.69 Å². The first-order valence-corrected chi connectivity index (χ1v) is 8.86. The van der Waals surface area contributed by atoms with Gasteiger partial charge in [0.15, 0.2) is 6.61 Å². The molecule has 0 aliphatic rings. The summed E-state index contributed by atoms with van der Waals surface area (Å²) < 4.78 is 4.90. The van der Waals surface area contributed by atoms with E-state index in [-0.39, 0.29) is 11.7 Å². The van der Waals surface area contributed by atoms with Gasteiger partial charge in [-0.25, -0.2) is 4.79 Å². The molecule has 0 aliphatic heterocycles. The van der Waals surface area contributed by atoms with Crippen molar-refractivity contribution in [2.45, 2.75) is 26.3 Å². The highest BCUT2D eigenvalue weighted by Gasteiger charge is 2.11. The highest BCUT2D eigenvalue weighted by Crippen LogP contribution is 2.15. The van der Waals surface area contributed by atoms with Crippen LogP contribution >= 0.6 is 0 Å². The number of hydrogen-bond acceptors (Lipinski definition) is 5. The molecule has 0 saturated heterocycles. The van der Waals surface area contributed by atoms with Crippen LogP contribution in [0.3, 0.4) is 0 Å². The Hall–Kier alpha value is -3.48. The van der Waals surface area contributed by atoms with E-state index in [0.29, 0.717) is 5.56 Å². The van der Waals surface area contributed by atoms with Crippen molar-refractivity contribution in [2.75, 3.05) is 6.61 Å². The highest BCUT2D eigenvalue weighted by atomic mass is 16.6. The number of carbonyl (C=O) groups is 2. The summed E-state index contributed by atoms with van der Waals surface area (Å²) in [4.78, 5) is 33.9. The Morgan fingerprint density at radius 1 is 1.21 bits per heavy atom. The molecule has 0 fully saturated rings. The highest BCUT2D eigenvalue weighted by molar-refractivity contribution is 5.89. The lowest BCUT2D eigenvalue weighted by atomic mass is 10.1. The van der Waals surface area contributed by atoms with Gasteiger partial charge in [-0.1, -0.05) is 43.3 Å². The van der Waals surface area contributed by atoms with Crippen LogP contribution in [-0.2, 0) is 20.7 Å². The molecule has 0 radical (unpaired) electrons. The summed E-state index contributed by atoms with van der Waals surface area (Å²) in [5.41, 5.74) is 2.59. The molecule has 2 aromatic carbocycles. The number of esters is 1. The summed E-state index contributed by atoms with van der Waals surface area (Å²) in [6.45, 7) is 3.51. The van der Waals surface area contributed by atoms with E-state index < -0.39 is 23.4 Å². The summed E-state index contributed by atoms with van der Waals surface area (Å²) in [6, 6.07) is 13.6. The second kappa shape index (κ2) is 10.0. The molecule has 2 rings (SSSR count). The minimum absolute atomic E-state index is 0.0733. The van der Waals surface area contributed by atoms with Crippen molar-refractivity contribution in [3.05, 3.63) is 81.4 Å². The summed E-state index contributed by atoms with van der Waals surface area (Å²) in [5, 5.41) is 13.5. The van der Waals surface area contributed by atoms with Gasteiger partial charge < -0.3 is 10.1 Å². The zero-order valence-electron chi connectivity index (χ0n) is 15.8. The number of non-ortho nitro benzene ring substituents is 1. The van der Waals surface area contributed by atoms with Gasteiger partial charge in [-0.3, -0.25) is 14.9 Å². The van der Waals surface area contributed by atoms with Crippen LogP contribution in [0.15, 0.2) is 54.6 Å². The molecule has 7 heteroatoms. The first kappa shape index (κ1) is 20.8. The Morgan fingerprint density at radius 3 is 2.57 bits per heavy atom. The van der Waals surface area contributed by atoms with Crippen molar-refractivity contribution in [3.63, 3.8) is 0 Å². The molecule has 146 valence electrons. The van der Waals surface area contributed by atoms with Crippen LogP contribution in [0.2, 0.25) is 0 Å². The normalized spacial score (nSPS) is 11.8. The maximum absolute atomic E-state index is 12.0. The van der Waals surface area contributed by atoms with Crippen molar-refractivity contribution in [1.29, 1.82) is 0 Å². The first-order valence-electron chi connectivity index (χ1n) is 8.86. The topological polar surface area (TPSA) is 98.5 Å². The first-order chi connectivity index (χ1) is 13.4. The Morgan fingerprint density at radius 2 is 1.93 bits per heavy atom. The molecule has 28 heavy (non-hydrogen) atoms. The van der Waals surface area contributed by atoms with Crippen LogP contribution in [-0.4, -0.2) is 23.4 Å². The summed E-state index contributed by atoms with van der Waals surface area (Å²) in [6.07, 6.45) is 3.46. The van der Waals surface area contributed by atoms with Gasteiger partial charge in [0.2, 0.25) is 0 Å². The van der Waals surface area contributed by atoms with Gasteiger partial charge in [-0.15, -0.1) is 0 Å².